The van der Waals surface area contributed by atoms with Gasteiger partial charge >= 0.3 is 50.0 Å². The summed E-state index contributed by atoms with van der Waals surface area (Å²) in [5.41, 5.74) is 0. The fraction of sp³-hybridized carbons (Fsp3) is 1.00. The van der Waals surface area contributed by atoms with Crippen molar-refractivity contribution in [3.63, 3.8) is 0 Å². The molecule has 0 aromatic carbocycles. The van der Waals surface area contributed by atoms with Crippen LogP contribution in [-0.2, 0) is 27.4 Å². The average molecular weight is 966 g/mol. The minimum Gasteiger partial charge on any atom is -0.323 e. The molecular formula is C12H60F6N6O12P12. The van der Waals surface area contributed by atoms with Crippen molar-refractivity contribution in [3.05, 3.63) is 0 Å². The van der Waals surface area contributed by atoms with Crippen molar-refractivity contribution in [2.45, 2.75) is 0 Å². The van der Waals surface area contributed by atoms with Crippen LogP contribution >= 0.6 is 106 Å². The zero-order chi connectivity index (χ0) is 42.9. The normalized spacial score (nSPS) is 12.2. The monoisotopic (exact) mass is 966 g/mol. The number of hydrogen-bond donors (Lipinski definition) is 6. The van der Waals surface area contributed by atoms with Crippen molar-refractivity contribution in [2.75, 3.05) is 84.6 Å². The lowest BCUT2D eigenvalue weighted by Gasteiger charge is -1.90. The van der Waals surface area contributed by atoms with Crippen LogP contribution in [-0.4, -0.2) is 142 Å². The van der Waals surface area contributed by atoms with Crippen molar-refractivity contribution in [1.82, 2.24) is 28.0 Å². The minimum absolute atomic E-state index is 1.92. The van der Waals surface area contributed by atoms with Crippen molar-refractivity contribution in [3.8, 4) is 0 Å². The first-order valence-corrected chi connectivity index (χ1v) is 21.1. The predicted octanol–water partition coefficient (Wildman–Crippen LogP) is 4.06. The topological polar surface area (TPSA) is 243 Å². The van der Waals surface area contributed by atoms with Crippen LogP contribution in [0.4, 0.5) is 25.2 Å². The van der Waals surface area contributed by atoms with Gasteiger partial charge in [0.1, 0.15) is 0 Å². The Kier molecular flexibility index (Phi) is 138. The number of hydrogen-bond acceptors (Lipinski definition) is 12. The van der Waals surface area contributed by atoms with Gasteiger partial charge in [-0.15, -0.1) is 0 Å². The Bertz CT molecular complexity index is 513. The molecule has 0 aliphatic carbocycles. The van der Waals surface area contributed by atoms with E-state index in [1.165, 1.54) is 0 Å². The van der Waals surface area contributed by atoms with Crippen molar-refractivity contribution >= 4 is 106 Å². The summed E-state index contributed by atoms with van der Waals surface area (Å²) in [6, 6.07) is 0. The number of nitrogens with zero attached hydrogens (tertiary/aromatic N) is 6. The summed E-state index contributed by atoms with van der Waals surface area (Å²) in [6.07, 6.45) is 0. The Labute approximate surface area is 300 Å². The highest BCUT2D eigenvalue weighted by Gasteiger charge is 1.69. The van der Waals surface area contributed by atoms with Crippen molar-refractivity contribution in [2.24, 2.45) is 0 Å². The fourth-order valence-corrected chi connectivity index (χ4v) is 0. The van der Waals surface area contributed by atoms with Gasteiger partial charge in [-0.05, 0) is 84.6 Å². The summed E-state index contributed by atoms with van der Waals surface area (Å²) in [5.74, 6) is 0. The molecule has 0 aliphatic heterocycles. The van der Waals surface area contributed by atoms with E-state index in [2.05, 4.69) is 56.3 Å². The van der Waals surface area contributed by atoms with Crippen LogP contribution in [0.15, 0.2) is 0 Å². The molecule has 0 aromatic heterocycles. The molecule has 6 N–H and O–H groups in total. The molecule has 0 saturated carbocycles. The maximum absolute atomic E-state index is 10.1. The zero-order valence-electron chi connectivity index (χ0n) is 28.5. The van der Waals surface area contributed by atoms with Gasteiger partial charge in [-0.3, -0.25) is 55.4 Å². The van der Waals surface area contributed by atoms with E-state index in [1.807, 2.05) is 113 Å². The number of rotatable bonds is 0. The van der Waals surface area contributed by atoms with E-state index >= 15 is 0 Å². The molecule has 0 rings (SSSR count). The van der Waals surface area contributed by atoms with Gasteiger partial charge in [0.25, 0.3) is 0 Å². The first kappa shape index (κ1) is 83.9. The molecule has 12 atom stereocenters. The molecule has 0 saturated heterocycles. The van der Waals surface area contributed by atoms with Gasteiger partial charge in [-0.1, -0.05) is 56.3 Å². The molecule has 0 amide bonds. The maximum atomic E-state index is 10.1. The highest BCUT2D eigenvalue weighted by Crippen LogP contribution is 2.12. The molecule has 0 bridgehead atoms. The van der Waals surface area contributed by atoms with Crippen molar-refractivity contribution in [1.29, 1.82) is 0 Å². The highest BCUT2D eigenvalue weighted by atomic mass is 31.2. The lowest BCUT2D eigenvalue weighted by molar-refractivity contribution is 0.458. The average Bonchev–Trinajstić information content (AvgIpc) is 2.61. The summed E-state index contributed by atoms with van der Waals surface area (Å²) in [7, 11) is 16.7. The van der Waals surface area contributed by atoms with E-state index in [9.17, 15) is 25.2 Å². The van der Waals surface area contributed by atoms with Crippen LogP contribution in [0.1, 0.15) is 0 Å². The quantitative estimate of drug-likeness (QED) is 0.148. The first-order chi connectivity index (χ1) is 20.8. The fourth-order valence-electron chi connectivity index (χ4n) is 0. The number of halogens is 6. The van der Waals surface area contributed by atoms with Crippen LogP contribution in [0.25, 0.3) is 0 Å². The van der Waals surface area contributed by atoms with Crippen LogP contribution in [0.2, 0.25) is 0 Å². The third kappa shape index (κ3) is 12100. The molecule has 36 heteroatoms. The Morgan fingerprint density at radius 3 is 0.292 bits per heavy atom. The molecular weight excluding hydrogens is 906 g/mol. The SMILES string of the molecule is CN(C)P.CN(C)P.CN(C)P.CN(C)P.CN(C)P.CN(C)P.O=[PH](O)F.O=[PH](O)F.O=[PH](O)F.O=[PH](O)F.O=[PH](O)F.O=[PH](O)F. The largest absolute Gasteiger partial charge is 0.353 e. The van der Waals surface area contributed by atoms with E-state index < -0.39 is 50.0 Å². The zero-order valence-corrected chi connectivity index (χ0v) is 41.5. The first-order valence-electron chi connectivity index (χ1n) is 10.6. The molecule has 48 heavy (non-hydrogen) atoms. The summed E-state index contributed by atoms with van der Waals surface area (Å²) >= 11 is 0. The smallest absolute Gasteiger partial charge is 0.323 e. The third-order valence-electron chi connectivity index (χ3n) is 0. The van der Waals surface area contributed by atoms with Crippen LogP contribution in [0.3, 0.4) is 0 Å². The van der Waals surface area contributed by atoms with Gasteiger partial charge in [0.2, 0.25) is 0 Å². The lowest BCUT2D eigenvalue weighted by Crippen LogP contribution is -1.88. The predicted molar refractivity (Wildman–Crippen MR) is 214 cm³/mol. The molecule has 312 valence electrons. The van der Waals surface area contributed by atoms with Crippen LogP contribution < -0.4 is 0 Å². The lowest BCUT2D eigenvalue weighted by atomic mass is 11.3. The van der Waals surface area contributed by atoms with Crippen molar-refractivity contribution < 1.29 is 81.9 Å². The molecule has 0 spiro atoms. The molecule has 0 fully saturated rings. The van der Waals surface area contributed by atoms with E-state index in [-0.39, 0.29) is 0 Å². The molecule has 0 aromatic rings. The molecule has 0 radical (unpaired) electrons. The Balaban J connectivity index is -0.0000000295. The second-order valence-corrected chi connectivity index (χ2v) is 16.5. The van der Waals surface area contributed by atoms with Gasteiger partial charge in [0.05, 0.1) is 0 Å². The summed E-state index contributed by atoms with van der Waals surface area (Å²) in [4.78, 5) is 41.6. The molecule has 12 unspecified atom stereocenters. The van der Waals surface area contributed by atoms with Gasteiger partial charge in [0, 0.05) is 0 Å². The Morgan fingerprint density at radius 2 is 0.292 bits per heavy atom. The molecule has 0 heterocycles. The van der Waals surface area contributed by atoms with E-state index in [0.717, 1.165) is 0 Å². The van der Waals surface area contributed by atoms with E-state index in [4.69, 9.17) is 56.8 Å². The minimum atomic E-state index is -3.63. The van der Waals surface area contributed by atoms with E-state index in [0.29, 0.717) is 0 Å². The van der Waals surface area contributed by atoms with Crippen LogP contribution in [0, 0.1) is 0 Å². The molecule has 0 aliphatic rings. The standard InChI is InChI=1S/6C2H8NP.6FH2O2P/c6*1-3(2)4;6*1-4(2)3/h6*4H2,1-2H3;6*4H,(H,2,3). The van der Waals surface area contributed by atoms with Gasteiger partial charge in [-0.25, -0.2) is 0 Å². The van der Waals surface area contributed by atoms with Gasteiger partial charge < -0.3 is 29.4 Å². The highest BCUT2D eigenvalue weighted by molar-refractivity contribution is 7.32. The summed E-state index contributed by atoms with van der Waals surface area (Å²) in [6.45, 7) is 0. The second kappa shape index (κ2) is 79.0. The van der Waals surface area contributed by atoms with Gasteiger partial charge in [0.15, 0.2) is 0 Å². The Morgan fingerprint density at radius 1 is 0.292 bits per heavy atom. The summed E-state index contributed by atoms with van der Waals surface area (Å²) < 4.78 is 123. The maximum Gasteiger partial charge on any atom is 0.353 e. The van der Waals surface area contributed by atoms with Crippen LogP contribution in [0.5, 0.6) is 0 Å². The van der Waals surface area contributed by atoms with Gasteiger partial charge in [-0.2, -0.15) is 25.2 Å². The third-order valence-corrected chi connectivity index (χ3v) is 0. The summed E-state index contributed by atoms with van der Waals surface area (Å²) in [5, 5.41) is 0. The van der Waals surface area contributed by atoms with E-state index in [1.54, 1.807) is 0 Å². The second-order valence-electron chi connectivity index (χ2n) is 7.30. The molecule has 18 nitrogen and oxygen atoms in total. The Hall–Kier alpha value is 3.06.